The number of methoxy groups -OCH3 is 1. The fraction of sp³-hybridized carbons (Fsp3) is 0.400. The minimum absolute atomic E-state index is 0.00113. The van der Waals surface area contributed by atoms with E-state index < -0.39 is 11.5 Å². The molecule has 0 aromatic carbocycles. The van der Waals surface area contributed by atoms with Crippen molar-refractivity contribution in [3.05, 3.63) is 57.1 Å². The van der Waals surface area contributed by atoms with Crippen LogP contribution in [0.15, 0.2) is 35.3 Å². The smallest absolute Gasteiger partial charge is 0.320 e. The largest absolute Gasteiger partial charge is 0.458 e. The number of carbonyl (C=O) groups excluding carboxylic acids is 2. The Kier molecular flexibility index (Phi) is 7.61. The summed E-state index contributed by atoms with van der Waals surface area (Å²) in [7, 11) is 1.53. The van der Waals surface area contributed by atoms with E-state index in [0.717, 1.165) is 0 Å². The van der Waals surface area contributed by atoms with Gasteiger partial charge in [0.05, 0.1) is 29.4 Å². The van der Waals surface area contributed by atoms with Crippen LogP contribution in [-0.4, -0.2) is 65.6 Å². The highest BCUT2D eigenvalue weighted by molar-refractivity contribution is 6.33. The zero-order valence-corrected chi connectivity index (χ0v) is 17.7. The van der Waals surface area contributed by atoms with Crippen LogP contribution >= 0.6 is 11.6 Å². The lowest BCUT2D eigenvalue weighted by Gasteiger charge is -2.37. The van der Waals surface area contributed by atoms with Crippen LogP contribution in [0.4, 0.5) is 5.82 Å². The first-order valence-corrected chi connectivity index (χ1v) is 10.0. The molecule has 0 radical (unpaired) electrons. The molecular weight excluding hydrogens is 426 g/mol. The third-order valence-electron chi connectivity index (χ3n) is 4.99. The number of nitrogen functional groups attached to an aromatic ring is 1. The van der Waals surface area contributed by atoms with Gasteiger partial charge in [-0.25, -0.2) is 0 Å². The SMILES string of the molecule is CO[C@@H]1CN(CC(=O)OCc2ccccn2)CC[C@@H]1NC(=O)c1cc(Cl)c(N)[nH]c1=O. The summed E-state index contributed by atoms with van der Waals surface area (Å²) in [6.45, 7) is 1.17. The van der Waals surface area contributed by atoms with E-state index in [-0.39, 0.29) is 47.7 Å². The zero-order chi connectivity index (χ0) is 22.4. The minimum atomic E-state index is -0.624. The molecule has 166 valence electrons. The highest BCUT2D eigenvalue weighted by Crippen LogP contribution is 2.17. The number of hydrogen-bond acceptors (Lipinski definition) is 8. The number of H-pyrrole nitrogens is 1. The molecule has 3 heterocycles. The van der Waals surface area contributed by atoms with Gasteiger partial charge in [0.25, 0.3) is 11.5 Å². The van der Waals surface area contributed by atoms with Crippen LogP contribution in [0.5, 0.6) is 0 Å². The van der Waals surface area contributed by atoms with Crippen molar-refractivity contribution < 1.29 is 19.1 Å². The fourth-order valence-electron chi connectivity index (χ4n) is 3.33. The Hall–Kier alpha value is -2.95. The average Bonchev–Trinajstić information content (AvgIpc) is 2.76. The molecular formula is C20H24ClN5O5. The van der Waals surface area contributed by atoms with Gasteiger partial charge < -0.3 is 25.5 Å². The van der Waals surface area contributed by atoms with Crippen molar-refractivity contribution >= 4 is 29.3 Å². The first-order chi connectivity index (χ1) is 14.9. The molecule has 2 atom stereocenters. The molecule has 1 amide bonds. The Morgan fingerprint density at radius 1 is 1.42 bits per heavy atom. The predicted molar refractivity (Wildman–Crippen MR) is 114 cm³/mol. The number of amides is 1. The van der Waals surface area contributed by atoms with Gasteiger partial charge in [-0.3, -0.25) is 24.3 Å². The number of nitrogens with zero attached hydrogens (tertiary/aromatic N) is 2. The van der Waals surface area contributed by atoms with Crippen molar-refractivity contribution in [2.24, 2.45) is 0 Å². The molecule has 2 aromatic heterocycles. The van der Waals surface area contributed by atoms with Gasteiger partial charge in [0, 0.05) is 26.4 Å². The van der Waals surface area contributed by atoms with Gasteiger partial charge in [0.1, 0.15) is 18.0 Å². The van der Waals surface area contributed by atoms with Crippen molar-refractivity contribution in [2.45, 2.75) is 25.2 Å². The number of piperidine rings is 1. The molecule has 4 N–H and O–H groups in total. The van der Waals surface area contributed by atoms with Crippen LogP contribution in [0.25, 0.3) is 0 Å². The van der Waals surface area contributed by atoms with Gasteiger partial charge >= 0.3 is 5.97 Å². The number of halogens is 1. The van der Waals surface area contributed by atoms with Gasteiger partial charge in [-0.2, -0.15) is 0 Å². The van der Waals surface area contributed by atoms with E-state index in [1.165, 1.54) is 13.2 Å². The quantitative estimate of drug-likeness (QED) is 0.521. The molecule has 10 nitrogen and oxygen atoms in total. The number of nitrogens with two attached hydrogens (primary N) is 1. The number of ether oxygens (including phenoxy) is 2. The number of rotatable bonds is 7. The number of anilines is 1. The highest BCUT2D eigenvalue weighted by Gasteiger charge is 2.32. The number of carbonyl (C=O) groups is 2. The molecule has 0 aliphatic carbocycles. The summed E-state index contributed by atoms with van der Waals surface area (Å²) in [4.78, 5) is 45.1. The van der Waals surface area contributed by atoms with Gasteiger partial charge in [0.2, 0.25) is 0 Å². The van der Waals surface area contributed by atoms with Crippen LogP contribution in [0, 0.1) is 0 Å². The van der Waals surface area contributed by atoms with E-state index in [0.29, 0.717) is 25.2 Å². The molecule has 0 saturated carbocycles. The standard InChI is InChI=1S/C20H24ClN5O5/c1-30-16-9-26(10-17(27)31-11-12-4-2-3-6-23-12)7-5-15(16)24-19(28)13-8-14(21)18(22)25-20(13)29/h2-4,6,8,15-16H,5,7,9-11H2,1H3,(H,24,28)(H3,22,25,29)/t15-,16+/m0/s1. The van der Waals surface area contributed by atoms with Crippen molar-refractivity contribution in [1.82, 2.24) is 20.2 Å². The van der Waals surface area contributed by atoms with Crippen molar-refractivity contribution in [3.8, 4) is 0 Å². The molecule has 1 fully saturated rings. The lowest BCUT2D eigenvalue weighted by molar-refractivity contribution is -0.147. The maximum atomic E-state index is 12.6. The predicted octanol–water partition coefficient (Wildman–Crippen LogP) is 0.568. The number of nitrogens with one attached hydrogen (secondary N) is 2. The summed E-state index contributed by atoms with van der Waals surface area (Å²) in [5.74, 6) is -0.939. The van der Waals surface area contributed by atoms with E-state index in [9.17, 15) is 14.4 Å². The second kappa shape index (κ2) is 10.4. The minimum Gasteiger partial charge on any atom is -0.458 e. The number of aromatic nitrogens is 2. The summed E-state index contributed by atoms with van der Waals surface area (Å²) in [5, 5.41) is 2.90. The van der Waals surface area contributed by atoms with Crippen molar-refractivity contribution in [2.75, 3.05) is 32.5 Å². The van der Waals surface area contributed by atoms with Gasteiger partial charge in [-0.1, -0.05) is 17.7 Å². The number of pyridine rings is 2. The monoisotopic (exact) mass is 449 g/mol. The number of likely N-dealkylation sites (tertiary alicyclic amines) is 1. The Morgan fingerprint density at radius 3 is 2.94 bits per heavy atom. The average molecular weight is 450 g/mol. The normalized spacial score (nSPS) is 19.0. The van der Waals surface area contributed by atoms with E-state index in [1.54, 1.807) is 18.3 Å². The molecule has 11 heteroatoms. The maximum absolute atomic E-state index is 12.6. The summed E-state index contributed by atoms with van der Waals surface area (Å²) in [6.07, 6.45) is 1.79. The molecule has 0 unspecified atom stereocenters. The second-order valence-corrected chi connectivity index (χ2v) is 7.54. The van der Waals surface area contributed by atoms with E-state index in [2.05, 4.69) is 15.3 Å². The number of esters is 1. The Labute approximate surface area is 183 Å². The Morgan fingerprint density at radius 2 is 2.23 bits per heavy atom. The third-order valence-corrected chi connectivity index (χ3v) is 5.30. The zero-order valence-electron chi connectivity index (χ0n) is 17.0. The molecule has 1 aliphatic heterocycles. The van der Waals surface area contributed by atoms with Crippen LogP contribution in [-0.2, 0) is 20.9 Å². The van der Waals surface area contributed by atoms with Gasteiger partial charge in [-0.15, -0.1) is 0 Å². The number of aromatic amines is 1. The Bertz CT molecular complexity index is 984. The number of hydrogen-bond donors (Lipinski definition) is 3. The molecule has 2 aromatic rings. The second-order valence-electron chi connectivity index (χ2n) is 7.13. The fourth-order valence-corrected chi connectivity index (χ4v) is 3.48. The van der Waals surface area contributed by atoms with Crippen molar-refractivity contribution in [3.63, 3.8) is 0 Å². The molecule has 1 saturated heterocycles. The molecule has 31 heavy (non-hydrogen) atoms. The highest BCUT2D eigenvalue weighted by atomic mass is 35.5. The Balaban J connectivity index is 1.53. The van der Waals surface area contributed by atoms with Crippen molar-refractivity contribution in [1.29, 1.82) is 0 Å². The first-order valence-electron chi connectivity index (χ1n) is 9.67. The maximum Gasteiger partial charge on any atom is 0.320 e. The van der Waals surface area contributed by atoms with Crippen LogP contribution in [0.1, 0.15) is 22.5 Å². The molecule has 0 spiro atoms. The van der Waals surface area contributed by atoms with Gasteiger partial charge in [0.15, 0.2) is 0 Å². The summed E-state index contributed by atoms with van der Waals surface area (Å²) >= 11 is 5.91. The first kappa shape index (κ1) is 22.7. The summed E-state index contributed by atoms with van der Waals surface area (Å²) in [6, 6.07) is 6.29. The lowest BCUT2D eigenvalue weighted by atomic mass is 10.0. The van der Waals surface area contributed by atoms with Crippen LogP contribution in [0.2, 0.25) is 5.02 Å². The van der Waals surface area contributed by atoms with Gasteiger partial charge in [-0.05, 0) is 24.6 Å². The van der Waals surface area contributed by atoms with Crippen LogP contribution in [0.3, 0.4) is 0 Å². The van der Waals surface area contributed by atoms with E-state index in [4.69, 9.17) is 26.8 Å². The molecule has 1 aliphatic rings. The van der Waals surface area contributed by atoms with E-state index in [1.807, 2.05) is 11.0 Å². The third kappa shape index (κ3) is 6.03. The lowest BCUT2D eigenvalue weighted by Crippen LogP contribution is -2.56. The topological polar surface area (TPSA) is 140 Å². The van der Waals surface area contributed by atoms with E-state index >= 15 is 0 Å². The summed E-state index contributed by atoms with van der Waals surface area (Å²) < 4.78 is 10.8. The molecule has 0 bridgehead atoms. The molecule has 3 rings (SSSR count). The summed E-state index contributed by atoms with van der Waals surface area (Å²) in [5.41, 5.74) is 5.46. The van der Waals surface area contributed by atoms with Crippen LogP contribution < -0.4 is 16.6 Å².